The number of thiocarbonyl (C=S) groups is 1. The largest absolute Gasteiger partial charge is 0.484 e. The zero-order chi connectivity index (χ0) is 22.6. The van der Waals surface area contributed by atoms with E-state index in [0.29, 0.717) is 10.9 Å². The molecule has 0 aliphatic carbocycles. The summed E-state index contributed by atoms with van der Waals surface area (Å²) >= 11 is 5.18. The van der Waals surface area contributed by atoms with E-state index in [1.54, 1.807) is 0 Å². The predicted octanol–water partition coefficient (Wildman–Crippen LogP) is 6.85. The van der Waals surface area contributed by atoms with Crippen LogP contribution in [0.25, 0.3) is 0 Å². The fourth-order valence-electron chi connectivity index (χ4n) is 3.58. The molecule has 1 amide bonds. The highest BCUT2D eigenvalue weighted by atomic mass is 32.1. The van der Waals surface area contributed by atoms with Crippen molar-refractivity contribution in [2.75, 3.05) is 13.2 Å². The number of ether oxygens (including phenoxy) is 1. The van der Waals surface area contributed by atoms with Gasteiger partial charge in [-0.15, -0.1) is 0 Å². The number of nitrogens with one attached hydrogen (secondary N) is 2. The Morgan fingerprint density at radius 3 is 1.97 bits per heavy atom. The van der Waals surface area contributed by atoms with Gasteiger partial charge in [0.1, 0.15) is 5.75 Å². The van der Waals surface area contributed by atoms with Crippen LogP contribution in [-0.2, 0) is 4.79 Å². The highest BCUT2D eigenvalue weighted by Gasteiger charge is 2.05. The van der Waals surface area contributed by atoms with Crippen LogP contribution in [0, 0.1) is 6.92 Å². The first-order chi connectivity index (χ1) is 15.1. The lowest BCUT2D eigenvalue weighted by Crippen LogP contribution is -2.41. The van der Waals surface area contributed by atoms with Gasteiger partial charge in [0.25, 0.3) is 5.91 Å². The fraction of sp³-hybridized carbons (Fsp3) is 0.692. The van der Waals surface area contributed by atoms with Crippen LogP contribution in [-0.4, -0.2) is 24.2 Å². The maximum absolute atomic E-state index is 11.9. The Morgan fingerprint density at radius 2 is 1.42 bits per heavy atom. The summed E-state index contributed by atoms with van der Waals surface area (Å²) in [6.45, 7) is 5.03. The van der Waals surface area contributed by atoms with Gasteiger partial charge in [-0.05, 0) is 43.3 Å². The van der Waals surface area contributed by atoms with E-state index in [1.807, 2.05) is 31.2 Å². The van der Waals surface area contributed by atoms with Crippen molar-refractivity contribution in [1.82, 2.24) is 10.6 Å². The Hall–Kier alpha value is -1.62. The molecule has 31 heavy (non-hydrogen) atoms. The molecule has 0 bridgehead atoms. The van der Waals surface area contributed by atoms with Crippen LogP contribution in [0.2, 0.25) is 0 Å². The SMILES string of the molecule is CCCCCCCCCCCCCCCCNC(=S)NC(=O)COc1cccc(C)c1. The highest BCUT2D eigenvalue weighted by Crippen LogP contribution is 2.13. The highest BCUT2D eigenvalue weighted by molar-refractivity contribution is 7.80. The number of rotatable bonds is 18. The van der Waals surface area contributed by atoms with Crippen molar-refractivity contribution in [3.63, 3.8) is 0 Å². The molecule has 0 aromatic heterocycles. The minimum absolute atomic E-state index is 0.0376. The molecule has 0 fully saturated rings. The zero-order valence-electron chi connectivity index (χ0n) is 19.8. The number of hydrogen-bond acceptors (Lipinski definition) is 3. The summed E-state index contributed by atoms with van der Waals surface area (Å²) in [4.78, 5) is 11.9. The molecule has 0 atom stereocenters. The van der Waals surface area contributed by atoms with Gasteiger partial charge in [0.2, 0.25) is 0 Å². The molecule has 176 valence electrons. The minimum Gasteiger partial charge on any atom is -0.484 e. The smallest absolute Gasteiger partial charge is 0.264 e. The van der Waals surface area contributed by atoms with Crippen molar-refractivity contribution in [1.29, 1.82) is 0 Å². The van der Waals surface area contributed by atoms with Gasteiger partial charge in [0.15, 0.2) is 11.7 Å². The van der Waals surface area contributed by atoms with E-state index < -0.39 is 0 Å². The first kappa shape index (κ1) is 27.4. The molecule has 0 saturated carbocycles. The van der Waals surface area contributed by atoms with E-state index in [4.69, 9.17) is 17.0 Å². The van der Waals surface area contributed by atoms with Crippen LogP contribution in [0.15, 0.2) is 24.3 Å². The van der Waals surface area contributed by atoms with Crippen LogP contribution in [0.5, 0.6) is 5.75 Å². The molecule has 5 heteroatoms. The van der Waals surface area contributed by atoms with Crippen LogP contribution < -0.4 is 15.4 Å². The summed E-state index contributed by atoms with van der Waals surface area (Å²) in [6.07, 6.45) is 18.9. The summed E-state index contributed by atoms with van der Waals surface area (Å²) in [5.41, 5.74) is 1.10. The molecule has 0 saturated heterocycles. The maximum Gasteiger partial charge on any atom is 0.264 e. The van der Waals surface area contributed by atoms with Crippen LogP contribution in [0.4, 0.5) is 0 Å². The molecule has 4 nitrogen and oxygen atoms in total. The van der Waals surface area contributed by atoms with E-state index in [2.05, 4.69) is 17.6 Å². The number of aryl methyl sites for hydroxylation is 1. The molecule has 2 N–H and O–H groups in total. The van der Waals surface area contributed by atoms with Crippen molar-refractivity contribution < 1.29 is 9.53 Å². The fourth-order valence-corrected chi connectivity index (χ4v) is 3.80. The average molecular weight is 449 g/mol. The molecule has 1 aromatic carbocycles. The standard InChI is InChI=1S/C26H44N2O2S/c1-3-4-5-6-7-8-9-10-11-12-13-14-15-16-20-27-26(31)28-25(29)22-30-24-19-17-18-23(2)21-24/h17-19,21H,3-16,20,22H2,1-2H3,(H2,27,28,29,31). The first-order valence-corrected chi connectivity index (χ1v) is 12.8. The maximum atomic E-state index is 11.9. The van der Waals surface area contributed by atoms with Crippen LogP contribution >= 0.6 is 12.2 Å². The number of carbonyl (C=O) groups is 1. The van der Waals surface area contributed by atoms with E-state index in [-0.39, 0.29) is 12.5 Å². The molecule has 0 unspecified atom stereocenters. The molecule has 0 heterocycles. The molecule has 0 aliphatic heterocycles. The summed E-state index contributed by atoms with van der Waals surface area (Å²) < 4.78 is 5.48. The summed E-state index contributed by atoms with van der Waals surface area (Å²) in [6, 6.07) is 7.64. The third kappa shape index (κ3) is 16.7. The second-order valence-corrected chi connectivity index (χ2v) is 8.91. The van der Waals surface area contributed by atoms with Crippen molar-refractivity contribution in [2.24, 2.45) is 0 Å². The first-order valence-electron chi connectivity index (χ1n) is 12.4. The minimum atomic E-state index is -0.236. The number of amides is 1. The molecule has 0 radical (unpaired) electrons. The molecular weight excluding hydrogens is 404 g/mol. The van der Waals surface area contributed by atoms with Crippen LogP contribution in [0.1, 0.15) is 102 Å². The molecule has 1 aromatic rings. The Balaban J connectivity index is 1.86. The normalized spacial score (nSPS) is 10.6. The Bertz CT molecular complexity index is 607. The zero-order valence-corrected chi connectivity index (χ0v) is 20.7. The van der Waals surface area contributed by atoms with E-state index >= 15 is 0 Å². The second kappa shape index (κ2) is 19.1. The van der Waals surface area contributed by atoms with Gasteiger partial charge >= 0.3 is 0 Å². The van der Waals surface area contributed by atoms with Gasteiger partial charge < -0.3 is 15.4 Å². The van der Waals surface area contributed by atoms with Crippen molar-refractivity contribution in [3.05, 3.63) is 29.8 Å². The second-order valence-electron chi connectivity index (χ2n) is 8.51. The van der Waals surface area contributed by atoms with Gasteiger partial charge in [-0.2, -0.15) is 0 Å². The van der Waals surface area contributed by atoms with Gasteiger partial charge in [-0.25, -0.2) is 0 Å². The van der Waals surface area contributed by atoms with Crippen LogP contribution in [0.3, 0.4) is 0 Å². The number of benzene rings is 1. The molecule has 1 rings (SSSR count). The monoisotopic (exact) mass is 448 g/mol. The number of hydrogen-bond donors (Lipinski definition) is 2. The quantitative estimate of drug-likeness (QED) is 0.190. The van der Waals surface area contributed by atoms with Crippen molar-refractivity contribution in [2.45, 2.75) is 104 Å². The Kier molecular flexibility index (Phi) is 16.9. The van der Waals surface area contributed by atoms with E-state index in [1.165, 1.54) is 83.5 Å². The number of unbranched alkanes of at least 4 members (excludes halogenated alkanes) is 13. The lowest BCUT2D eigenvalue weighted by molar-refractivity contribution is -0.121. The average Bonchev–Trinajstić information content (AvgIpc) is 2.75. The third-order valence-electron chi connectivity index (χ3n) is 5.43. The molecule has 0 aliphatic rings. The summed E-state index contributed by atoms with van der Waals surface area (Å²) in [7, 11) is 0. The summed E-state index contributed by atoms with van der Waals surface area (Å²) in [5, 5.41) is 6.16. The predicted molar refractivity (Wildman–Crippen MR) is 136 cm³/mol. The van der Waals surface area contributed by atoms with Gasteiger partial charge in [-0.3, -0.25) is 4.79 Å². The van der Waals surface area contributed by atoms with Crippen molar-refractivity contribution >= 4 is 23.2 Å². The van der Waals surface area contributed by atoms with Gasteiger partial charge in [-0.1, -0.05) is 103 Å². The Morgan fingerprint density at radius 1 is 0.871 bits per heavy atom. The Labute approximate surface area is 195 Å². The third-order valence-corrected chi connectivity index (χ3v) is 5.67. The lowest BCUT2D eigenvalue weighted by atomic mass is 10.0. The summed E-state index contributed by atoms with van der Waals surface area (Å²) in [5.74, 6) is 0.455. The lowest BCUT2D eigenvalue weighted by Gasteiger charge is -2.10. The van der Waals surface area contributed by atoms with Crippen molar-refractivity contribution in [3.8, 4) is 5.75 Å². The van der Waals surface area contributed by atoms with Gasteiger partial charge in [0, 0.05) is 6.54 Å². The van der Waals surface area contributed by atoms with E-state index in [9.17, 15) is 4.79 Å². The number of carbonyl (C=O) groups excluding carboxylic acids is 1. The van der Waals surface area contributed by atoms with Gasteiger partial charge in [0.05, 0.1) is 0 Å². The molecule has 0 spiro atoms. The topological polar surface area (TPSA) is 50.4 Å². The van der Waals surface area contributed by atoms with E-state index in [0.717, 1.165) is 18.5 Å². The molecular formula is C26H44N2O2S.